The highest BCUT2D eigenvalue weighted by molar-refractivity contribution is 6.31. The Bertz CT molecular complexity index is 915. The number of furan rings is 1. The average Bonchev–Trinajstić information content (AvgIpc) is 3.03. The first-order valence-corrected chi connectivity index (χ1v) is 7.85. The van der Waals surface area contributed by atoms with Gasteiger partial charge >= 0.3 is 0 Å². The highest BCUT2D eigenvalue weighted by Gasteiger charge is 2.14. The quantitative estimate of drug-likeness (QED) is 0.655. The third kappa shape index (κ3) is 3.29. The Morgan fingerprint density at radius 1 is 1.08 bits per heavy atom. The minimum absolute atomic E-state index is 0.210. The minimum Gasteiger partial charge on any atom is -0.451 e. The molecule has 0 saturated carbocycles. The summed E-state index contributed by atoms with van der Waals surface area (Å²) >= 11 is 6.14. The summed E-state index contributed by atoms with van der Waals surface area (Å²) in [5.41, 5.74) is 9.82. The molecule has 0 aliphatic heterocycles. The number of carbonyl (C=O) groups is 1. The molecule has 0 radical (unpaired) electrons. The summed E-state index contributed by atoms with van der Waals surface area (Å²) in [7, 11) is 0. The monoisotopic (exact) mass is 340 g/mol. The highest BCUT2D eigenvalue weighted by Crippen LogP contribution is 2.27. The standard InChI is InChI=1S/C19H17ClN2O2/c1-11-3-6-16(15(21)9-11)22-19(23)18-8-7-17(24-18)13-5-4-12(2)14(20)10-13/h3-10H,21H2,1-2H3,(H,22,23). The van der Waals surface area contributed by atoms with E-state index >= 15 is 0 Å². The van der Waals surface area contributed by atoms with E-state index in [0.29, 0.717) is 22.2 Å². The molecule has 1 heterocycles. The van der Waals surface area contributed by atoms with Crippen LogP contribution in [0, 0.1) is 13.8 Å². The Labute approximate surface area is 145 Å². The number of halogens is 1. The molecule has 3 rings (SSSR count). The zero-order valence-electron chi connectivity index (χ0n) is 13.4. The van der Waals surface area contributed by atoms with Gasteiger partial charge in [-0.25, -0.2) is 0 Å². The molecule has 0 fully saturated rings. The first-order valence-electron chi connectivity index (χ1n) is 7.48. The highest BCUT2D eigenvalue weighted by atomic mass is 35.5. The molecule has 0 aliphatic carbocycles. The number of carbonyl (C=O) groups excluding carboxylic acids is 1. The first-order chi connectivity index (χ1) is 11.4. The van der Waals surface area contributed by atoms with Crippen molar-refractivity contribution in [3.8, 4) is 11.3 Å². The average molecular weight is 341 g/mol. The van der Waals surface area contributed by atoms with Gasteiger partial charge in [0.1, 0.15) is 5.76 Å². The second-order valence-corrected chi connectivity index (χ2v) is 6.08. The van der Waals surface area contributed by atoms with Crippen LogP contribution in [0.3, 0.4) is 0 Å². The number of amides is 1. The smallest absolute Gasteiger partial charge is 0.291 e. The van der Waals surface area contributed by atoms with Gasteiger partial charge in [-0.05, 0) is 55.3 Å². The van der Waals surface area contributed by atoms with E-state index < -0.39 is 0 Å². The van der Waals surface area contributed by atoms with E-state index in [4.69, 9.17) is 21.8 Å². The molecule has 24 heavy (non-hydrogen) atoms. The number of hydrogen-bond donors (Lipinski definition) is 2. The maximum atomic E-state index is 12.3. The van der Waals surface area contributed by atoms with Crippen LogP contribution >= 0.6 is 11.6 Å². The largest absolute Gasteiger partial charge is 0.451 e. The zero-order valence-corrected chi connectivity index (χ0v) is 14.1. The van der Waals surface area contributed by atoms with Gasteiger partial charge in [-0.15, -0.1) is 0 Å². The summed E-state index contributed by atoms with van der Waals surface area (Å²) in [5.74, 6) is 0.440. The molecule has 122 valence electrons. The molecule has 3 N–H and O–H groups in total. The van der Waals surface area contributed by atoms with Crippen LogP contribution in [0.1, 0.15) is 21.7 Å². The van der Waals surface area contributed by atoms with Gasteiger partial charge in [-0.1, -0.05) is 29.8 Å². The summed E-state index contributed by atoms with van der Waals surface area (Å²) in [4.78, 5) is 12.3. The van der Waals surface area contributed by atoms with Crippen LogP contribution < -0.4 is 11.1 Å². The van der Waals surface area contributed by atoms with Crippen molar-refractivity contribution in [2.24, 2.45) is 0 Å². The number of rotatable bonds is 3. The van der Waals surface area contributed by atoms with Gasteiger partial charge in [-0.2, -0.15) is 0 Å². The van der Waals surface area contributed by atoms with Crippen LogP contribution in [-0.2, 0) is 0 Å². The van der Waals surface area contributed by atoms with Crippen molar-refractivity contribution < 1.29 is 9.21 Å². The summed E-state index contributed by atoms with van der Waals surface area (Å²) in [6.07, 6.45) is 0. The van der Waals surface area contributed by atoms with Crippen molar-refractivity contribution in [2.45, 2.75) is 13.8 Å². The maximum Gasteiger partial charge on any atom is 0.291 e. The summed E-state index contributed by atoms with van der Waals surface area (Å²) < 4.78 is 5.65. The minimum atomic E-state index is -0.352. The van der Waals surface area contributed by atoms with E-state index in [0.717, 1.165) is 16.7 Å². The van der Waals surface area contributed by atoms with E-state index in [-0.39, 0.29) is 11.7 Å². The number of nitrogens with two attached hydrogens (primary N) is 1. The van der Waals surface area contributed by atoms with E-state index in [2.05, 4.69) is 5.32 Å². The Balaban J connectivity index is 1.82. The molecule has 2 aromatic carbocycles. The van der Waals surface area contributed by atoms with Crippen LogP contribution in [0.2, 0.25) is 5.02 Å². The molecule has 4 nitrogen and oxygen atoms in total. The number of anilines is 2. The summed E-state index contributed by atoms with van der Waals surface area (Å²) in [6.45, 7) is 3.87. The van der Waals surface area contributed by atoms with Crippen LogP contribution in [-0.4, -0.2) is 5.91 Å². The first kappa shape index (κ1) is 16.1. The van der Waals surface area contributed by atoms with Gasteiger partial charge in [0, 0.05) is 10.6 Å². The lowest BCUT2D eigenvalue weighted by Gasteiger charge is -2.07. The second kappa shape index (κ2) is 6.42. The Morgan fingerprint density at radius 2 is 1.88 bits per heavy atom. The Hall–Kier alpha value is -2.72. The van der Waals surface area contributed by atoms with Crippen molar-refractivity contribution in [2.75, 3.05) is 11.1 Å². The molecule has 3 aromatic rings. The molecule has 5 heteroatoms. The topological polar surface area (TPSA) is 68.3 Å². The van der Waals surface area contributed by atoms with Crippen molar-refractivity contribution in [1.82, 2.24) is 0 Å². The third-order valence-corrected chi connectivity index (χ3v) is 4.15. The fraction of sp³-hybridized carbons (Fsp3) is 0.105. The van der Waals surface area contributed by atoms with Gasteiger partial charge < -0.3 is 15.5 Å². The van der Waals surface area contributed by atoms with Gasteiger partial charge in [0.2, 0.25) is 0 Å². The molecule has 0 aliphatic rings. The molecule has 0 saturated heterocycles. The van der Waals surface area contributed by atoms with E-state index in [1.807, 2.05) is 38.1 Å². The van der Waals surface area contributed by atoms with Gasteiger partial charge in [0.25, 0.3) is 5.91 Å². The van der Waals surface area contributed by atoms with E-state index in [1.165, 1.54) is 0 Å². The molecule has 1 amide bonds. The predicted octanol–water partition coefficient (Wildman–Crippen LogP) is 5.05. The van der Waals surface area contributed by atoms with Crippen molar-refractivity contribution in [1.29, 1.82) is 0 Å². The van der Waals surface area contributed by atoms with Crippen LogP contribution in [0.25, 0.3) is 11.3 Å². The summed E-state index contributed by atoms with van der Waals surface area (Å²) in [5, 5.41) is 3.41. The lowest BCUT2D eigenvalue weighted by molar-refractivity contribution is 0.0997. The molecular weight excluding hydrogens is 324 g/mol. The van der Waals surface area contributed by atoms with Crippen molar-refractivity contribution in [3.63, 3.8) is 0 Å². The predicted molar refractivity (Wildman–Crippen MR) is 97.4 cm³/mol. The van der Waals surface area contributed by atoms with Gasteiger partial charge in [0.15, 0.2) is 5.76 Å². The Morgan fingerprint density at radius 3 is 2.58 bits per heavy atom. The van der Waals surface area contributed by atoms with Gasteiger partial charge in [0.05, 0.1) is 11.4 Å². The van der Waals surface area contributed by atoms with Crippen LogP contribution in [0.5, 0.6) is 0 Å². The fourth-order valence-corrected chi connectivity index (χ4v) is 2.52. The lowest BCUT2D eigenvalue weighted by atomic mass is 10.1. The molecule has 0 unspecified atom stereocenters. The molecule has 0 spiro atoms. The number of nitrogens with one attached hydrogen (secondary N) is 1. The van der Waals surface area contributed by atoms with Crippen molar-refractivity contribution >= 4 is 28.9 Å². The maximum absolute atomic E-state index is 12.3. The molecule has 0 atom stereocenters. The van der Waals surface area contributed by atoms with Crippen LogP contribution in [0.15, 0.2) is 52.9 Å². The SMILES string of the molecule is Cc1ccc(NC(=O)c2ccc(-c3ccc(C)c(Cl)c3)o2)c(N)c1. The fourth-order valence-electron chi connectivity index (χ4n) is 2.34. The van der Waals surface area contributed by atoms with Crippen LogP contribution in [0.4, 0.5) is 11.4 Å². The number of hydrogen-bond acceptors (Lipinski definition) is 3. The second-order valence-electron chi connectivity index (χ2n) is 5.67. The lowest BCUT2D eigenvalue weighted by Crippen LogP contribution is -2.12. The molecule has 0 bridgehead atoms. The number of benzene rings is 2. The molecular formula is C19H17ClN2O2. The van der Waals surface area contributed by atoms with E-state index in [1.54, 1.807) is 24.3 Å². The van der Waals surface area contributed by atoms with Crippen molar-refractivity contribution in [3.05, 3.63) is 70.4 Å². The van der Waals surface area contributed by atoms with E-state index in [9.17, 15) is 4.79 Å². The Kier molecular flexibility index (Phi) is 4.32. The number of aryl methyl sites for hydroxylation is 2. The zero-order chi connectivity index (χ0) is 17.3. The summed E-state index contributed by atoms with van der Waals surface area (Å²) in [6, 6.07) is 14.5. The normalized spacial score (nSPS) is 10.6. The third-order valence-electron chi connectivity index (χ3n) is 3.74. The number of nitrogen functional groups attached to an aromatic ring is 1. The molecule has 1 aromatic heterocycles. The van der Waals surface area contributed by atoms with Gasteiger partial charge in [-0.3, -0.25) is 4.79 Å².